The molecule has 0 atom stereocenters. The van der Waals surface area contributed by atoms with Gasteiger partial charge in [0, 0.05) is 36.9 Å². The molecule has 0 spiro atoms. The van der Waals surface area contributed by atoms with Crippen LogP contribution in [-0.2, 0) is 6.54 Å². The van der Waals surface area contributed by atoms with E-state index in [1.165, 1.54) is 19.5 Å². The molecule has 1 aromatic carbocycles. The molecule has 0 unspecified atom stereocenters. The third kappa shape index (κ3) is 2.79. The molecule has 2 aromatic heterocycles. The Labute approximate surface area is 121 Å². The second-order valence-corrected chi connectivity index (χ2v) is 4.57. The van der Waals surface area contributed by atoms with Crippen molar-refractivity contribution < 1.29 is 9.13 Å². The molecular weight excluding hydrogens is 271 g/mol. The molecule has 21 heavy (non-hydrogen) atoms. The van der Waals surface area contributed by atoms with Crippen LogP contribution in [0.5, 0.6) is 5.75 Å². The van der Waals surface area contributed by atoms with Crippen LogP contribution in [0.2, 0.25) is 0 Å². The molecule has 0 aliphatic carbocycles. The van der Waals surface area contributed by atoms with E-state index in [4.69, 9.17) is 4.74 Å². The second-order valence-electron chi connectivity index (χ2n) is 4.57. The van der Waals surface area contributed by atoms with Crippen LogP contribution in [0.15, 0.2) is 43.0 Å². The maximum absolute atomic E-state index is 13.7. The van der Waals surface area contributed by atoms with Crippen LogP contribution in [0.1, 0.15) is 0 Å². The van der Waals surface area contributed by atoms with Crippen LogP contribution < -0.4 is 10.1 Å². The molecule has 0 radical (unpaired) electrons. The standard InChI is InChI=1S/C15H15FN4O/c1-21-14-8-11-13(9-12(14)16)18-10-19-15(11)17-4-7-20-5-2-3-6-20/h2-3,5-6,8-10H,4,7H2,1H3,(H,17,18,19). The smallest absolute Gasteiger partial charge is 0.167 e. The van der Waals surface area contributed by atoms with Gasteiger partial charge in [0.05, 0.1) is 12.6 Å². The van der Waals surface area contributed by atoms with Crippen molar-refractivity contribution in [2.45, 2.75) is 6.54 Å². The average molecular weight is 286 g/mol. The Hall–Kier alpha value is -2.63. The lowest BCUT2D eigenvalue weighted by atomic mass is 10.2. The Morgan fingerprint density at radius 1 is 1.24 bits per heavy atom. The first-order chi connectivity index (χ1) is 10.3. The van der Waals surface area contributed by atoms with Crippen LogP contribution in [0.3, 0.4) is 0 Å². The topological polar surface area (TPSA) is 52.0 Å². The molecule has 3 aromatic rings. The molecule has 0 amide bonds. The van der Waals surface area contributed by atoms with Crippen LogP contribution in [0.25, 0.3) is 10.9 Å². The van der Waals surface area contributed by atoms with E-state index in [-0.39, 0.29) is 5.75 Å². The molecule has 0 saturated carbocycles. The maximum atomic E-state index is 13.7. The summed E-state index contributed by atoms with van der Waals surface area (Å²) in [5, 5.41) is 3.99. The quantitative estimate of drug-likeness (QED) is 0.783. The number of hydrogen-bond donors (Lipinski definition) is 1. The van der Waals surface area contributed by atoms with E-state index in [0.29, 0.717) is 17.9 Å². The van der Waals surface area contributed by atoms with E-state index in [0.717, 1.165) is 11.9 Å². The minimum absolute atomic E-state index is 0.186. The Kier molecular flexibility index (Phi) is 3.68. The van der Waals surface area contributed by atoms with Crippen molar-refractivity contribution in [2.24, 2.45) is 0 Å². The van der Waals surface area contributed by atoms with Gasteiger partial charge in [-0.2, -0.15) is 0 Å². The van der Waals surface area contributed by atoms with Crippen LogP contribution in [0, 0.1) is 5.82 Å². The zero-order valence-electron chi connectivity index (χ0n) is 11.6. The number of methoxy groups -OCH3 is 1. The van der Waals surface area contributed by atoms with Gasteiger partial charge in [-0.1, -0.05) is 0 Å². The normalized spacial score (nSPS) is 10.8. The van der Waals surface area contributed by atoms with Gasteiger partial charge < -0.3 is 14.6 Å². The van der Waals surface area contributed by atoms with E-state index in [9.17, 15) is 4.39 Å². The highest BCUT2D eigenvalue weighted by Gasteiger charge is 2.09. The van der Waals surface area contributed by atoms with Gasteiger partial charge in [-0.05, 0) is 18.2 Å². The molecular formula is C15H15FN4O. The summed E-state index contributed by atoms with van der Waals surface area (Å²) in [5.74, 6) is 0.429. The Morgan fingerprint density at radius 3 is 2.81 bits per heavy atom. The van der Waals surface area contributed by atoms with Gasteiger partial charge in [0.2, 0.25) is 0 Å². The highest BCUT2D eigenvalue weighted by atomic mass is 19.1. The predicted octanol–water partition coefficient (Wildman–Crippen LogP) is 2.69. The van der Waals surface area contributed by atoms with E-state index < -0.39 is 5.82 Å². The molecule has 6 heteroatoms. The van der Waals surface area contributed by atoms with Gasteiger partial charge in [-0.15, -0.1) is 0 Å². The molecule has 5 nitrogen and oxygen atoms in total. The molecule has 0 bridgehead atoms. The van der Waals surface area contributed by atoms with Gasteiger partial charge in [0.25, 0.3) is 0 Å². The molecule has 3 rings (SSSR count). The van der Waals surface area contributed by atoms with Crippen molar-refractivity contribution >= 4 is 16.7 Å². The highest BCUT2D eigenvalue weighted by Crippen LogP contribution is 2.27. The fourth-order valence-electron chi connectivity index (χ4n) is 2.18. The number of nitrogens with one attached hydrogen (secondary N) is 1. The molecule has 108 valence electrons. The summed E-state index contributed by atoms with van der Waals surface area (Å²) in [6, 6.07) is 6.93. The fourth-order valence-corrected chi connectivity index (χ4v) is 2.18. The van der Waals surface area contributed by atoms with E-state index in [2.05, 4.69) is 19.9 Å². The Morgan fingerprint density at radius 2 is 2.05 bits per heavy atom. The number of nitrogens with zero attached hydrogens (tertiary/aromatic N) is 3. The largest absolute Gasteiger partial charge is 0.494 e. The summed E-state index contributed by atoms with van der Waals surface area (Å²) in [6.45, 7) is 1.53. The van der Waals surface area contributed by atoms with Gasteiger partial charge >= 0.3 is 0 Å². The number of halogens is 1. The SMILES string of the molecule is COc1cc2c(NCCn3cccc3)ncnc2cc1F. The summed E-state index contributed by atoms with van der Waals surface area (Å²) in [6.07, 6.45) is 5.42. The molecule has 0 aliphatic rings. The van der Waals surface area contributed by atoms with Crippen molar-refractivity contribution in [3.63, 3.8) is 0 Å². The average Bonchev–Trinajstić information content (AvgIpc) is 3.00. The Balaban J connectivity index is 1.84. The minimum atomic E-state index is -0.429. The van der Waals surface area contributed by atoms with E-state index in [1.54, 1.807) is 6.07 Å². The maximum Gasteiger partial charge on any atom is 0.167 e. The van der Waals surface area contributed by atoms with Crippen molar-refractivity contribution in [2.75, 3.05) is 19.0 Å². The number of anilines is 1. The first-order valence-electron chi connectivity index (χ1n) is 6.61. The molecule has 0 saturated heterocycles. The lowest BCUT2D eigenvalue weighted by Crippen LogP contribution is -2.10. The zero-order valence-corrected chi connectivity index (χ0v) is 11.6. The van der Waals surface area contributed by atoms with Gasteiger partial charge in [0.1, 0.15) is 12.1 Å². The summed E-state index contributed by atoms with van der Waals surface area (Å²) in [5.41, 5.74) is 0.548. The summed E-state index contributed by atoms with van der Waals surface area (Å²) >= 11 is 0. The number of aromatic nitrogens is 3. The molecule has 2 heterocycles. The number of ether oxygens (including phenoxy) is 1. The number of hydrogen-bond acceptors (Lipinski definition) is 4. The van der Waals surface area contributed by atoms with E-state index in [1.807, 2.05) is 24.5 Å². The molecule has 1 N–H and O–H groups in total. The first-order valence-corrected chi connectivity index (χ1v) is 6.61. The van der Waals surface area contributed by atoms with Gasteiger partial charge in [0.15, 0.2) is 11.6 Å². The van der Waals surface area contributed by atoms with Crippen LogP contribution in [0.4, 0.5) is 10.2 Å². The minimum Gasteiger partial charge on any atom is -0.494 e. The van der Waals surface area contributed by atoms with Crippen molar-refractivity contribution in [1.82, 2.24) is 14.5 Å². The van der Waals surface area contributed by atoms with Crippen LogP contribution >= 0.6 is 0 Å². The number of rotatable bonds is 5. The zero-order chi connectivity index (χ0) is 14.7. The Bertz CT molecular complexity index is 743. The second kappa shape index (κ2) is 5.78. The molecule has 0 aliphatic heterocycles. The monoisotopic (exact) mass is 286 g/mol. The fraction of sp³-hybridized carbons (Fsp3) is 0.200. The number of fused-ring (bicyclic) bond motifs is 1. The van der Waals surface area contributed by atoms with Gasteiger partial charge in [-0.3, -0.25) is 0 Å². The molecule has 0 fully saturated rings. The van der Waals surface area contributed by atoms with Crippen molar-refractivity contribution in [3.05, 3.63) is 48.8 Å². The summed E-state index contributed by atoms with van der Waals surface area (Å²) in [4.78, 5) is 8.31. The van der Waals surface area contributed by atoms with Gasteiger partial charge in [-0.25, -0.2) is 14.4 Å². The van der Waals surface area contributed by atoms with Crippen LogP contribution in [-0.4, -0.2) is 28.2 Å². The number of benzene rings is 1. The first kappa shape index (κ1) is 13.4. The summed E-state index contributed by atoms with van der Waals surface area (Å²) < 4.78 is 20.8. The third-order valence-corrected chi connectivity index (χ3v) is 3.24. The van der Waals surface area contributed by atoms with Crippen molar-refractivity contribution in [3.8, 4) is 5.75 Å². The predicted molar refractivity (Wildman–Crippen MR) is 79.0 cm³/mol. The lowest BCUT2D eigenvalue weighted by Gasteiger charge is -2.10. The lowest BCUT2D eigenvalue weighted by molar-refractivity contribution is 0.387. The highest BCUT2D eigenvalue weighted by molar-refractivity contribution is 5.90. The van der Waals surface area contributed by atoms with Crippen molar-refractivity contribution in [1.29, 1.82) is 0 Å². The summed E-state index contributed by atoms with van der Waals surface area (Å²) in [7, 11) is 1.44. The third-order valence-electron chi connectivity index (χ3n) is 3.24. The van der Waals surface area contributed by atoms with E-state index >= 15 is 0 Å².